The summed E-state index contributed by atoms with van der Waals surface area (Å²) >= 11 is 0. The standard InChI is InChI=1S/C22H27O5P/c1-13-9-15(3)20(16(4)10-13)22(24)28(25)8-7-17(23)21-18(26-5)11-14(2)12-19(21)27-6/h9-12,28H,7-8H2,1-6H3. The first-order valence-electron chi connectivity index (χ1n) is 9.10. The molecule has 1 atom stereocenters. The normalized spacial score (nSPS) is 11.8. The van der Waals surface area contributed by atoms with Gasteiger partial charge >= 0.3 is 0 Å². The molecule has 6 heteroatoms. The Labute approximate surface area is 166 Å². The molecule has 0 spiro atoms. The molecule has 0 aliphatic rings. The molecule has 0 amide bonds. The molecule has 0 saturated heterocycles. The molecule has 2 aromatic rings. The molecule has 0 N–H and O–H groups in total. The largest absolute Gasteiger partial charge is 0.496 e. The molecule has 0 saturated carbocycles. The Bertz CT molecular complexity index is 898. The van der Waals surface area contributed by atoms with Gasteiger partial charge in [0.1, 0.15) is 24.9 Å². The summed E-state index contributed by atoms with van der Waals surface area (Å²) in [4.78, 5) is 25.5. The van der Waals surface area contributed by atoms with Crippen LogP contribution in [0.4, 0.5) is 0 Å². The number of carbonyl (C=O) groups is 2. The monoisotopic (exact) mass is 402 g/mol. The number of benzene rings is 2. The molecule has 0 aliphatic carbocycles. The quantitative estimate of drug-likeness (QED) is 0.463. The molecule has 1 unspecified atom stereocenters. The maximum Gasteiger partial charge on any atom is 0.219 e. The molecule has 150 valence electrons. The Morgan fingerprint density at radius 3 is 1.75 bits per heavy atom. The lowest BCUT2D eigenvalue weighted by Crippen LogP contribution is -2.08. The fourth-order valence-electron chi connectivity index (χ4n) is 3.46. The van der Waals surface area contributed by atoms with Crippen LogP contribution in [0.25, 0.3) is 0 Å². The van der Waals surface area contributed by atoms with Crippen LogP contribution in [0.3, 0.4) is 0 Å². The van der Waals surface area contributed by atoms with Crippen molar-refractivity contribution in [2.45, 2.75) is 34.1 Å². The van der Waals surface area contributed by atoms with E-state index in [0.29, 0.717) is 22.6 Å². The molecule has 28 heavy (non-hydrogen) atoms. The molecule has 0 bridgehead atoms. The number of ether oxygens (including phenoxy) is 2. The van der Waals surface area contributed by atoms with Crippen LogP contribution in [0.1, 0.15) is 49.4 Å². The lowest BCUT2D eigenvalue weighted by Gasteiger charge is -2.14. The first-order chi connectivity index (χ1) is 13.2. The van der Waals surface area contributed by atoms with Crippen LogP contribution in [0, 0.1) is 27.7 Å². The van der Waals surface area contributed by atoms with Gasteiger partial charge in [0.25, 0.3) is 0 Å². The van der Waals surface area contributed by atoms with Gasteiger partial charge in [0.15, 0.2) is 5.78 Å². The lowest BCUT2D eigenvalue weighted by atomic mass is 10.0. The van der Waals surface area contributed by atoms with Gasteiger partial charge in [-0.25, -0.2) is 0 Å². The molecule has 0 heterocycles. The number of hydrogen-bond donors (Lipinski definition) is 0. The van der Waals surface area contributed by atoms with Crippen molar-refractivity contribution in [2.24, 2.45) is 0 Å². The zero-order chi connectivity index (χ0) is 21.0. The summed E-state index contributed by atoms with van der Waals surface area (Å²) in [6.45, 7) is 7.52. The third-order valence-electron chi connectivity index (χ3n) is 4.67. The van der Waals surface area contributed by atoms with Crippen molar-refractivity contribution in [1.29, 1.82) is 0 Å². The van der Waals surface area contributed by atoms with E-state index in [0.717, 1.165) is 22.3 Å². The van der Waals surface area contributed by atoms with Crippen molar-refractivity contribution >= 4 is 19.1 Å². The smallest absolute Gasteiger partial charge is 0.219 e. The number of rotatable bonds is 8. The van der Waals surface area contributed by atoms with Gasteiger partial charge in [-0.2, -0.15) is 0 Å². The second-order valence-corrected chi connectivity index (χ2v) is 8.79. The predicted octanol–water partition coefficient (Wildman–Crippen LogP) is 4.91. The highest BCUT2D eigenvalue weighted by molar-refractivity contribution is 7.64. The van der Waals surface area contributed by atoms with Crippen molar-refractivity contribution in [3.8, 4) is 11.5 Å². The van der Waals surface area contributed by atoms with E-state index >= 15 is 0 Å². The second-order valence-electron chi connectivity index (χ2n) is 6.99. The molecular weight excluding hydrogens is 375 g/mol. The maximum atomic E-state index is 12.8. The Morgan fingerprint density at radius 2 is 1.29 bits per heavy atom. The topological polar surface area (TPSA) is 69.7 Å². The van der Waals surface area contributed by atoms with Crippen LogP contribution in [0.2, 0.25) is 0 Å². The van der Waals surface area contributed by atoms with Gasteiger partial charge < -0.3 is 14.0 Å². The minimum absolute atomic E-state index is 0.0106. The molecule has 0 radical (unpaired) electrons. The van der Waals surface area contributed by atoms with E-state index in [1.807, 2.05) is 39.8 Å². The van der Waals surface area contributed by atoms with E-state index in [4.69, 9.17) is 9.47 Å². The van der Waals surface area contributed by atoms with E-state index in [1.165, 1.54) is 14.2 Å². The first kappa shape index (κ1) is 21.9. The van der Waals surface area contributed by atoms with Crippen molar-refractivity contribution < 1.29 is 23.6 Å². The Hall–Kier alpha value is -2.39. The van der Waals surface area contributed by atoms with Gasteiger partial charge in [0.2, 0.25) is 5.52 Å². The number of methoxy groups -OCH3 is 2. The average molecular weight is 402 g/mol. The van der Waals surface area contributed by atoms with Crippen molar-refractivity contribution in [1.82, 2.24) is 0 Å². The number of aryl methyl sites for hydroxylation is 4. The van der Waals surface area contributed by atoms with Crippen LogP contribution >= 0.6 is 7.80 Å². The van der Waals surface area contributed by atoms with Crippen molar-refractivity contribution in [2.75, 3.05) is 20.4 Å². The van der Waals surface area contributed by atoms with Crippen molar-refractivity contribution in [3.63, 3.8) is 0 Å². The van der Waals surface area contributed by atoms with Crippen molar-refractivity contribution in [3.05, 3.63) is 57.6 Å². The second kappa shape index (κ2) is 9.20. The average Bonchev–Trinajstić information content (AvgIpc) is 2.63. The summed E-state index contributed by atoms with van der Waals surface area (Å²) in [7, 11) is 0.356. The van der Waals surface area contributed by atoms with Gasteiger partial charge in [0, 0.05) is 18.1 Å². The zero-order valence-electron chi connectivity index (χ0n) is 17.3. The van der Waals surface area contributed by atoms with Crippen LogP contribution < -0.4 is 9.47 Å². The molecule has 2 aromatic carbocycles. The van der Waals surface area contributed by atoms with Gasteiger partial charge in [-0.1, -0.05) is 17.7 Å². The summed E-state index contributed by atoms with van der Waals surface area (Å²) < 4.78 is 23.3. The van der Waals surface area contributed by atoms with E-state index in [9.17, 15) is 14.2 Å². The third kappa shape index (κ3) is 4.71. The third-order valence-corrected chi connectivity index (χ3v) is 6.13. The summed E-state index contributed by atoms with van der Waals surface area (Å²) in [6.07, 6.45) is 0.0124. The molecule has 0 fully saturated rings. The summed E-state index contributed by atoms with van der Waals surface area (Å²) in [5.41, 5.74) is 4.05. The minimum atomic E-state index is -2.62. The van der Waals surface area contributed by atoms with E-state index in [-0.39, 0.29) is 23.9 Å². The Kier molecular flexibility index (Phi) is 7.20. The molecule has 0 aliphatic heterocycles. The van der Waals surface area contributed by atoms with Gasteiger partial charge in [-0.3, -0.25) is 9.59 Å². The Balaban J connectivity index is 2.20. The van der Waals surface area contributed by atoms with E-state index in [2.05, 4.69) is 0 Å². The molecule has 5 nitrogen and oxygen atoms in total. The van der Waals surface area contributed by atoms with Gasteiger partial charge in [0.05, 0.1) is 14.2 Å². The highest BCUT2D eigenvalue weighted by atomic mass is 31.1. The predicted molar refractivity (Wildman–Crippen MR) is 112 cm³/mol. The first-order valence-corrected chi connectivity index (χ1v) is 10.7. The summed E-state index contributed by atoms with van der Waals surface area (Å²) in [6, 6.07) is 7.32. The van der Waals surface area contributed by atoms with Gasteiger partial charge in [-0.15, -0.1) is 0 Å². The van der Waals surface area contributed by atoms with Crippen LogP contribution in [0.5, 0.6) is 11.5 Å². The highest BCUT2D eigenvalue weighted by Crippen LogP contribution is 2.35. The summed E-state index contributed by atoms with van der Waals surface area (Å²) in [5, 5.41) is 0. The van der Waals surface area contributed by atoms with Crippen LogP contribution in [-0.2, 0) is 4.57 Å². The van der Waals surface area contributed by atoms with Crippen LogP contribution in [-0.4, -0.2) is 31.7 Å². The molecular formula is C22H27O5P. The minimum Gasteiger partial charge on any atom is -0.496 e. The Morgan fingerprint density at radius 1 is 0.821 bits per heavy atom. The maximum absolute atomic E-state index is 12.8. The fraction of sp³-hybridized carbons (Fsp3) is 0.364. The summed E-state index contributed by atoms with van der Waals surface area (Å²) in [5.74, 6) is 0.577. The fourth-order valence-corrected chi connectivity index (χ4v) is 4.82. The van der Waals surface area contributed by atoms with Gasteiger partial charge in [-0.05, 0) is 56.5 Å². The van der Waals surface area contributed by atoms with E-state index < -0.39 is 7.80 Å². The highest BCUT2D eigenvalue weighted by Gasteiger charge is 2.23. The number of hydrogen-bond acceptors (Lipinski definition) is 5. The number of Topliss-reactive ketones (excluding diaryl/α,β-unsaturated/α-hetero) is 1. The number of ketones is 1. The zero-order valence-corrected chi connectivity index (χ0v) is 18.3. The molecule has 0 aromatic heterocycles. The SMILES string of the molecule is COc1cc(C)cc(OC)c1C(=O)CC[PH](=O)C(=O)c1c(C)cc(C)cc1C. The van der Waals surface area contributed by atoms with Crippen LogP contribution in [0.15, 0.2) is 24.3 Å². The molecule has 2 rings (SSSR count). The number of carbonyl (C=O) groups excluding carboxylic acids is 2. The van der Waals surface area contributed by atoms with E-state index in [1.54, 1.807) is 12.1 Å². The lowest BCUT2D eigenvalue weighted by molar-refractivity contribution is 0.0983.